The van der Waals surface area contributed by atoms with E-state index < -0.39 is 0 Å². The molecule has 0 aliphatic rings. The molecule has 0 bridgehead atoms. The Morgan fingerprint density at radius 1 is 0.485 bits per heavy atom. The fourth-order valence-corrected chi connectivity index (χ4v) is 3.56. The van der Waals surface area contributed by atoms with Crippen LogP contribution in [0.5, 0.6) is 23.0 Å². The van der Waals surface area contributed by atoms with Gasteiger partial charge in [0.25, 0.3) is 0 Å². The third-order valence-electron chi connectivity index (χ3n) is 5.67. The van der Waals surface area contributed by atoms with Gasteiger partial charge in [-0.25, -0.2) is 0 Å². The Labute approximate surface area is 194 Å². The summed E-state index contributed by atoms with van der Waals surface area (Å²) in [6, 6.07) is 31.3. The van der Waals surface area contributed by atoms with Gasteiger partial charge in [0.1, 0.15) is 23.0 Å². The van der Waals surface area contributed by atoms with Gasteiger partial charge in [-0.2, -0.15) is 0 Å². The van der Waals surface area contributed by atoms with Crippen LogP contribution in [0.25, 0.3) is 0 Å². The second kappa shape index (κ2) is 9.65. The number of hydrogen-bond donors (Lipinski definition) is 4. The van der Waals surface area contributed by atoms with Gasteiger partial charge >= 0.3 is 0 Å². The van der Waals surface area contributed by atoms with Crippen molar-refractivity contribution in [3.8, 4) is 23.0 Å². The zero-order valence-electron chi connectivity index (χ0n) is 18.7. The fourth-order valence-electron chi connectivity index (χ4n) is 3.56. The van der Waals surface area contributed by atoms with E-state index >= 15 is 0 Å². The van der Waals surface area contributed by atoms with E-state index in [1.54, 1.807) is 0 Å². The molecule has 4 aromatic carbocycles. The zero-order valence-corrected chi connectivity index (χ0v) is 18.7. The van der Waals surface area contributed by atoms with Crippen LogP contribution in [0.15, 0.2) is 97.1 Å². The van der Waals surface area contributed by atoms with Crippen LogP contribution in [0.2, 0.25) is 0 Å². The number of nitrogen functional groups attached to an aromatic ring is 2. The highest BCUT2D eigenvalue weighted by Crippen LogP contribution is 2.34. The summed E-state index contributed by atoms with van der Waals surface area (Å²) in [7, 11) is 0. The van der Waals surface area contributed by atoms with Gasteiger partial charge < -0.3 is 20.3 Å². The third-order valence-corrected chi connectivity index (χ3v) is 5.67. The second-order valence-electron chi connectivity index (χ2n) is 8.22. The van der Waals surface area contributed by atoms with Gasteiger partial charge in [-0.05, 0) is 83.9 Å². The van der Waals surface area contributed by atoms with Crippen molar-refractivity contribution in [3.63, 3.8) is 0 Å². The molecule has 0 heterocycles. The highest BCUT2D eigenvalue weighted by Gasteiger charge is 2.23. The predicted molar refractivity (Wildman–Crippen MR) is 134 cm³/mol. The summed E-state index contributed by atoms with van der Waals surface area (Å²) in [5, 5.41) is 0. The molecule has 0 radical (unpaired) electrons. The van der Waals surface area contributed by atoms with Crippen LogP contribution in [0.1, 0.15) is 25.0 Å². The molecule has 0 aliphatic heterocycles. The second-order valence-corrected chi connectivity index (χ2v) is 8.22. The lowest BCUT2D eigenvalue weighted by Gasteiger charge is -2.26. The highest BCUT2D eigenvalue weighted by atomic mass is 16.5. The molecule has 0 saturated carbocycles. The van der Waals surface area contributed by atoms with Gasteiger partial charge in [0.2, 0.25) is 0 Å². The molecule has 0 aromatic heterocycles. The molecule has 0 amide bonds. The van der Waals surface area contributed by atoms with Crippen molar-refractivity contribution in [1.29, 1.82) is 0 Å². The molecule has 0 spiro atoms. The van der Waals surface area contributed by atoms with E-state index in [-0.39, 0.29) is 5.41 Å². The van der Waals surface area contributed by atoms with Crippen molar-refractivity contribution in [3.05, 3.63) is 108 Å². The molecule has 6 heteroatoms. The normalized spacial score (nSPS) is 11.0. The molecule has 33 heavy (non-hydrogen) atoms. The molecule has 0 unspecified atom stereocenters. The first-order valence-corrected chi connectivity index (χ1v) is 10.7. The number of ether oxygens (including phenoxy) is 2. The van der Waals surface area contributed by atoms with E-state index in [1.807, 2.05) is 72.8 Å². The van der Waals surface area contributed by atoms with Crippen LogP contribution in [-0.4, -0.2) is 0 Å². The SMILES string of the molecule is CC(C)(c1ccc(Oc2ccc(NN)cc2)cc1)c1ccc(Oc2ccc(NN)cc2)cc1. The number of nitrogens with two attached hydrogens (primary N) is 2. The summed E-state index contributed by atoms with van der Waals surface area (Å²) in [5.41, 5.74) is 9.08. The first-order chi connectivity index (χ1) is 16.0. The number of hydrazine groups is 2. The number of rotatable bonds is 8. The van der Waals surface area contributed by atoms with Crippen LogP contribution < -0.4 is 32.0 Å². The minimum atomic E-state index is -0.181. The molecule has 0 aliphatic carbocycles. The smallest absolute Gasteiger partial charge is 0.127 e. The molecule has 168 valence electrons. The highest BCUT2D eigenvalue weighted by molar-refractivity contribution is 5.48. The van der Waals surface area contributed by atoms with Gasteiger partial charge in [0, 0.05) is 16.8 Å². The summed E-state index contributed by atoms with van der Waals surface area (Å²) in [6.07, 6.45) is 0. The van der Waals surface area contributed by atoms with Crippen molar-refractivity contribution in [2.24, 2.45) is 11.7 Å². The van der Waals surface area contributed by atoms with E-state index in [0.29, 0.717) is 0 Å². The maximum absolute atomic E-state index is 5.94. The number of benzene rings is 4. The van der Waals surface area contributed by atoms with Crippen molar-refractivity contribution in [2.75, 3.05) is 10.9 Å². The molecular weight excluding hydrogens is 412 g/mol. The molecule has 4 aromatic rings. The Morgan fingerprint density at radius 3 is 1.03 bits per heavy atom. The van der Waals surface area contributed by atoms with E-state index in [2.05, 4.69) is 49.0 Å². The summed E-state index contributed by atoms with van der Waals surface area (Å²) in [5.74, 6) is 13.9. The Balaban J connectivity index is 1.44. The fraction of sp³-hybridized carbons (Fsp3) is 0.111. The van der Waals surface area contributed by atoms with Gasteiger partial charge in [-0.15, -0.1) is 0 Å². The van der Waals surface area contributed by atoms with Gasteiger partial charge in [-0.1, -0.05) is 38.1 Å². The lowest BCUT2D eigenvalue weighted by molar-refractivity contribution is 0.481. The summed E-state index contributed by atoms with van der Waals surface area (Å²) >= 11 is 0. The Kier molecular flexibility index (Phi) is 6.49. The first-order valence-electron chi connectivity index (χ1n) is 10.7. The van der Waals surface area contributed by atoms with E-state index in [9.17, 15) is 0 Å². The predicted octanol–water partition coefficient (Wildman–Crippen LogP) is 6.17. The van der Waals surface area contributed by atoms with Gasteiger partial charge in [0.05, 0.1) is 0 Å². The molecule has 0 saturated heterocycles. The maximum Gasteiger partial charge on any atom is 0.127 e. The largest absolute Gasteiger partial charge is 0.457 e. The van der Waals surface area contributed by atoms with Crippen molar-refractivity contribution < 1.29 is 9.47 Å². The van der Waals surface area contributed by atoms with Crippen LogP contribution >= 0.6 is 0 Å². The zero-order chi connectivity index (χ0) is 23.3. The maximum atomic E-state index is 5.94. The average Bonchev–Trinajstić information content (AvgIpc) is 2.86. The number of hydrogen-bond acceptors (Lipinski definition) is 6. The van der Waals surface area contributed by atoms with E-state index in [0.717, 1.165) is 34.4 Å². The number of nitrogens with one attached hydrogen (secondary N) is 2. The van der Waals surface area contributed by atoms with E-state index in [4.69, 9.17) is 21.2 Å². The number of anilines is 2. The quantitative estimate of drug-likeness (QED) is 0.193. The van der Waals surface area contributed by atoms with Gasteiger partial charge in [-0.3, -0.25) is 11.7 Å². The first kappa shape index (κ1) is 22.2. The van der Waals surface area contributed by atoms with Crippen LogP contribution in [0.4, 0.5) is 11.4 Å². The van der Waals surface area contributed by atoms with Crippen LogP contribution in [-0.2, 0) is 5.41 Å². The summed E-state index contributed by atoms with van der Waals surface area (Å²) in [4.78, 5) is 0. The van der Waals surface area contributed by atoms with Crippen molar-refractivity contribution in [2.45, 2.75) is 19.3 Å². The molecule has 6 N–H and O–H groups in total. The van der Waals surface area contributed by atoms with Crippen molar-refractivity contribution in [1.82, 2.24) is 0 Å². The molecule has 4 rings (SSSR count). The third kappa shape index (κ3) is 5.26. The van der Waals surface area contributed by atoms with Crippen LogP contribution in [0, 0.1) is 0 Å². The minimum absolute atomic E-state index is 0.181. The van der Waals surface area contributed by atoms with Crippen molar-refractivity contribution >= 4 is 11.4 Å². The minimum Gasteiger partial charge on any atom is -0.457 e. The molecule has 0 fully saturated rings. The van der Waals surface area contributed by atoms with Crippen LogP contribution in [0.3, 0.4) is 0 Å². The molecule has 0 atom stereocenters. The monoisotopic (exact) mass is 440 g/mol. The van der Waals surface area contributed by atoms with Gasteiger partial charge in [0.15, 0.2) is 0 Å². The standard InChI is InChI=1S/C27H28N4O2/c1-27(2,19-3-11-23(12-4-19)32-25-15-7-21(30-28)8-16-25)20-5-13-24(14-6-20)33-26-17-9-22(31-29)10-18-26/h3-18,30-31H,28-29H2,1-2H3. The Hall–Kier alpha value is -4.00. The Bertz CT molecular complexity index is 1080. The van der Waals surface area contributed by atoms with E-state index in [1.165, 1.54) is 11.1 Å². The molecular formula is C27H28N4O2. The summed E-state index contributed by atoms with van der Waals surface area (Å²) in [6.45, 7) is 4.41. The average molecular weight is 441 g/mol. The molecule has 6 nitrogen and oxygen atoms in total. The topological polar surface area (TPSA) is 94.6 Å². The lowest BCUT2D eigenvalue weighted by Crippen LogP contribution is -2.18. The lowest BCUT2D eigenvalue weighted by atomic mass is 9.78. The summed E-state index contributed by atoms with van der Waals surface area (Å²) < 4.78 is 11.9. The Morgan fingerprint density at radius 2 is 0.758 bits per heavy atom.